The van der Waals surface area contributed by atoms with Crippen LogP contribution in [-0.2, 0) is 20.2 Å². The predicted octanol–water partition coefficient (Wildman–Crippen LogP) is 3.56. The number of hydrogen-bond acceptors (Lipinski definition) is 4. The Balaban J connectivity index is 1.89. The number of ether oxygens (including phenoxy) is 1. The molecule has 7 heteroatoms. The molecule has 6 nitrogen and oxygen atoms in total. The Hall–Kier alpha value is -2.54. The largest absolute Gasteiger partial charge is 0.492 e. The fourth-order valence-electron chi connectivity index (χ4n) is 2.88. The first-order valence-corrected chi connectivity index (χ1v) is 11.8. The minimum absolute atomic E-state index is 0.0774. The number of benzene rings is 2. The van der Waals surface area contributed by atoms with Crippen LogP contribution in [0.1, 0.15) is 37.5 Å². The van der Waals surface area contributed by atoms with E-state index in [0.717, 1.165) is 27.4 Å². The molecule has 0 radical (unpaired) electrons. The first-order valence-electron chi connectivity index (χ1n) is 9.93. The topological polar surface area (TPSA) is 75.7 Å². The van der Waals surface area contributed by atoms with E-state index < -0.39 is 10.0 Å². The summed E-state index contributed by atoms with van der Waals surface area (Å²) in [5, 5.41) is 2.72. The minimum atomic E-state index is -3.59. The van der Waals surface area contributed by atoms with Gasteiger partial charge in [0.25, 0.3) is 0 Å². The highest BCUT2D eigenvalue weighted by atomic mass is 32.2. The quantitative estimate of drug-likeness (QED) is 0.647. The molecular formula is C23H32N2O4S. The number of amides is 1. The van der Waals surface area contributed by atoms with Crippen LogP contribution < -0.4 is 14.4 Å². The van der Waals surface area contributed by atoms with Gasteiger partial charge in [-0.15, -0.1) is 0 Å². The van der Waals surface area contributed by atoms with Crippen molar-refractivity contribution in [3.8, 4) is 5.75 Å². The highest BCUT2D eigenvalue weighted by molar-refractivity contribution is 7.92. The van der Waals surface area contributed by atoms with Crippen LogP contribution >= 0.6 is 0 Å². The van der Waals surface area contributed by atoms with Crippen LogP contribution in [0, 0.1) is 13.8 Å². The lowest BCUT2D eigenvalue weighted by molar-refractivity contribution is -0.119. The summed E-state index contributed by atoms with van der Waals surface area (Å²) in [6, 6.07) is 13.2. The van der Waals surface area contributed by atoms with Crippen LogP contribution in [0.3, 0.4) is 0 Å². The molecule has 0 heterocycles. The van der Waals surface area contributed by atoms with Gasteiger partial charge in [-0.05, 0) is 60.2 Å². The van der Waals surface area contributed by atoms with Crippen molar-refractivity contribution in [2.45, 2.75) is 40.0 Å². The summed E-state index contributed by atoms with van der Waals surface area (Å²) in [5.41, 5.74) is 3.80. The number of rotatable bonds is 8. The van der Waals surface area contributed by atoms with Crippen molar-refractivity contribution >= 4 is 21.6 Å². The maximum atomic E-state index is 12.3. The number of hydrogen-bond donors (Lipinski definition) is 1. The van der Waals surface area contributed by atoms with Crippen LogP contribution in [0.15, 0.2) is 42.5 Å². The number of anilines is 1. The van der Waals surface area contributed by atoms with E-state index >= 15 is 0 Å². The maximum Gasteiger partial charge on any atom is 0.240 e. The third-order valence-corrected chi connectivity index (χ3v) is 6.02. The van der Waals surface area contributed by atoms with Crippen molar-refractivity contribution in [1.29, 1.82) is 0 Å². The van der Waals surface area contributed by atoms with Gasteiger partial charge in [0.15, 0.2) is 0 Å². The number of sulfonamides is 1. The summed E-state index contributed by atoms with van der Waals surface area (Å²) in [7, 11) is -3.59. The Morgan fingerprint density at radius 2 is 1.67 bits per heavy atom. The van der Waals surface area contributed by atoms with E-state index in [1.807, 2.05) is 44.2 Å². The average molecular weight is 433 g/mol. The van der Waals surface area contributed by atoms with E-state index in [-0.39, 0.29) is 24.4 Å². The molecule has 0 saturated heterocycles. The first kappa shape index (κ1) is 23.7. The number of aryl methyl sites for hydroxylation is 2. The molecule has 2 rings (SSSR count). The second kappa shape index (κ2) is 9.51. The van der Waals surface area contributed by atoms with E-state index in [9.17, 15) is 13.2 Å². The van der Waals surface area contributed by atoms with Gasteiger partial charge < -0.3 is 10.1 Å². The summed E-state index contributed by atoms with van der Waals surface area (Å²) in [4.78, 5) is 12.3. The summed E-state index contributed by atoms with van der Waals surface area (Å²) in [5.74, 6) is 0.343. The van der Waals surface area contributed by atoms with Gasteiger partial charge in [0, 0.05) is 0 Å². The number of nitrogens with one attached hydrogen (secondary N) is 1. The highest BCUT2D eigenvalue weighted by Crippen LogP contribution is 2.24. The monoisotopic (exact) mass is 432 g/mol. The molecule has 164 valence electrons. The summed E-state index contributed by atoms with van der Waals surface area (Å²) in [6.07, 6.45) is 1.10. The zero-order valence-corrected chi connectivity index (χ0v) is 19.5. The Bertz CT molecular complexity index is 977. The van der Waals surface area contributed by atoms with Crippen LogP contribution in [0.4, 0.5) is 5.69 Å². The van der Waals surface area contributed by atoms with Gasteiger partial charge in [-0.1, -0.05) is 39.0 Å². The molecule has 0 aliphatic carbocycles. The molecule has 1 amide bonds. The normalized spacial score (nSPS) is 11.8. The van der Waals surface area contributed by atoms with E-state index in [1.54, 1.807) is 12.1 Å². The second-order valence-corrected chi connectivity index (χ2v) is 10.4. The average Bonchev–Trinajstić information content (AvgIpc) is 2.64. The van der Waals surface area contributed by atoms with Gasteiger partial charge in [0.05, 0.1) is 18.5 Å². The van der Waals surface area contributed by atoms with Crippen molar-refractivity contribution in [2.75, 3.05) is 30.3 Å². The van der Waals surface area contributed by atoms with Crippen LogP contribution in [-0.4, -0.2) is 40.3 Å². The van der Waals surface area contributed by atoms with Gasteiger partial charge in [0.1, 0.15) is 18.9 Å². The fourth-order valence-corrected chi connectivity index (χ4v) is 3.73. The molecular weight excluding hydrogens is 400 g/mol. The van der Waals surface area contributed by atoms with Gasteiger partial charge in [-0.3, -0.25) is 9.10 Å². The van der Waals surface area contributed by atoms with Crippen molar-refractivity contribution in [2.24, 2.45) is 0 Å². The lowest BCUT2D eigenvalue weighted by Gasteiger charge is -2.22. The zero-order chi connectivity index (χ0) is 22.5. The second-order valence-electron chi connectivity index (χ2n) is 8.51. The van der Waals surface area contributed by atoms with Crippen molar-refractivity contribution in [3.05, 3.63) is 59.2 Å². The van der Waals surface area contributed by atoms with Crippen LogP contribution in [0.25, 0.3) is 0 Å². The smallest absolute Gasteiger partial charge is 0.240 e. The van der Waals surface area contributed by atoms with Gasteiger partial charge in [-0.25, -0.2) is 8.42 Å². The Labute approximate surface area is 180 Å². The number of carbonyl (C=O) groups is 1. The highest BCUT2D eigenvalue weighted by Gasteiger charge is 2.21. The van der Waals surface area contributed by atoms with Crippen molar-refractivity contribution < 1.29 is 17.9 Å². The lowest BCUT2D eigenvalue weighted by atomic mass is 9.87. The first-order chi connectivity index (χ1) is 13.9. The molecule has 0 aliphatic heterocycles. The minimum Gasteiger partial charge on any atom is -0.492 e. The van der Waals surface area contributed by atoms with Crippen LogP contribution in [0.2, 0.25) is 0 Å². The zero-order valence-electron chi connectivity index (χ0n) is 18.7. The third-order valence-electron chi connectivity index (χ3n) is 4.88. The Morgan fingerprint density at radius 1 is 1.03 bits per heavy atom. The fraction of sp³-hybridized carbons (Fsp3) is 0.435. The molecule has 0 unspecified atom stereocenters. The number of nitrogens with zero attached hydrogens (tertiary/aromatic N) is 1. The van der Waals surface area contributed by atoms with E-state index in [2.05, 4.69) is 26.1 Å². The summed E-state index contributed by atoms with van der Waals surface area (Å²) < 4.78 is 31.2. The molecule has 0 fully saturated rings. The lowest BCUT2D eigenvalue weighted by Crippen LogP contribution is -2.41. The van der Waals surface area contributed by atoms with E-state index in [0.29, 0.717) is 12.3 Å². The van der Waals surface area contributed by atoms with Gasteiger partial charge >= 0.3 is 0 Å². The molecule has 0 saturated carbocycles. The molecule has 30 heavy (non-hydrogen) atoms. The molecule has 1 N–H and O–H groups in total. The maximum absolute atomic E-state index is 12.3. The van der Waals surface area contributed by atoms with E-state index in [4.69, 9.17) is 4.74 Å². The SMILES string of the molecule is Cc1ccc(N(CC(=O)NCCOc2ccc(C(C)(C)C)cc2)S(C)(=O)=O)cc1C. The van der Waals surface area contributed by atoms with Crippen LogP contribution in [0.5, 0.6) is 5.75 Å². The molecule has 0 aromatic heterocycles. The van der Waals surface area contributed by atoms with Crippen molar-refractivity contribution in [3.63, 3.8) is 0 Å². The van der Waals surface area contributed by atoms with Crippen molar-refractivity contribution in [1.82, 2.24) is 5.32 Å². The molecule has 0 aliphatic rings. The van der Waals surface area contributed by atoms with Gasteiger partial charge in [-0.2, -0.15) is 0 Å². The molecule has 2 aromatic carbocycles. The molecule has 0 atom stereocenters. The van der Waals surface area contributed by atoms with E-state index in [1.165, 1.54) is 5.56 Å². The summed E-state index contributed by atoms with van der Waals surface area (Å²) in [6.45, 7) is 10.6. The molecule has 2 aromatic rings. The van der Waals surface area contributed by atoms with Gasteiger partial charge in [0.2, 0.25) is 15.9 Å². The molecule has 0 spiro atoms. The summed E-state index contributed by atoms with van der Waals surface area (Å²) >= 11 is 0. The number of carbonyl (C=O) groups excluding carboxylic acids is 1. The third kappa shape index (κ3) is 6.76. The standard InChI is InChI=1S/C23H32N2O4S/c1-17-7-10-20(15-18(17)2)25(30(6,27)28)16-22(26)24-13-14-29-21-11-8-19(9-12-21)23(3,4)5/h7-12,15H,13-14,16H2,1-6H3,(H,24,26). The Morgan fingerprint density at radius 3 is 2.20 bits per heavy atom. The predicted molar refractivity (Wildman–Crippen MR) is 122 cm³/mol. The Kier molecular flexibility index (Phi) is 7.53. The molecule has 0 bridgehead atoms.